The molecule has 0 amide bonds. The van der Waals surface area contributed by atoms with E-state index in [1.54, 1.807) is 0 Å². The van der Waals surface area contributed by atoms with Gasteiger partial charge in [-0.3, -0.25) is 10.1 Å². The van der Waals surface area contributed by atoms with E-state index in [1.807, 2.05) is 0 Å². The number of nitro benzene ring substituents is 1. The third-order valence-electron chi connectivity index (χ3n) is 3.59. The fourth-order valence-corrected chi connectivity index (χ4v) is 2.46. The third-order valence-corrected chi connectivity index (χ3v) is 3.59. The van der Waals surface area contributed by atoms with E-state index >= 15 is 0 Å². The van der Waals surface area contributed by atoms with Crippen LogP contribution in [0.25, 0.3) is 0 Å². The van der Waals surface area contributed by atoms with Crippen LogP contribution in [0.4, 0.5) is 5.69 Å². The Morgan fingerprint density at radius 3 is 2.70 bits per heavy atom. The number of hydrogen-bond donors (Lipinski definition) is 0. The second-order valence-corrected chi connectivity index (χ2v) is 4.82. The van der Waals surface area contributed by atoms with Crippen LogP contribution >= 0.6 is 0 Å². The molecule has 7 heteroatoms. The first-order valence-corrected chi connectivity index (χ1v) is 6.30. The lowest BCUT2D eigenvalue weighted by Crippen LogP contribution is -2.28. The summed E-state index contributed by atoms with van der Waals surface area (Å²) in [5.41, 5.74) is 0.230. The number of esters is 1. The summed E-state index contributed by atoms with van der Waals surface area (Å²) in [6.07, 6.45) is -0.310. The summed E-state index contributed by atoms with van der Waals surface area (Å²) < 4.78 is 16.2. The van der Waals surface area contributed by atoms with Gasteiger partial charge >= 0.3 is 5.97 Å². The molecule has 3 rings (SSSR count). The highest BCUT2D eigenvalue weighted by Crippen LogP contribution is 2.30. The zero-order valence-corrected chi connectivity index (χ0v) is 10.6. The van der Waals surface area contributed by atoms with Crippen molar-refractivity contribution in [3.8, 4) is 0 Å². The molecule has 1 aromatic rings. The van der Waals surface area contributed by atoms with Crippen molar-refractivity contribution in [2.75, 3.05) is 19.8 Å². The van der Waals surface area contributed by atoms with Crippen molar-refractivity contribution in [2.45, 2.75) is 12.2 Å². The molecule has 0 aromatic heterocycles. The molecule has 2 fully saturated rings. The van der Waals surface area contributed by atoms with Gasteiger partial charge < -0.3 is 14.2 Å². The Kier molecular flexibility index (Phi) is 3.37. The number of hydrogen-bond acceptors (Lipinski definition) is 6. The van der Waals surface area contributed by atoms with E-state index < -0.39 is 10.9 Å². The van der Waals surface area contributed by atoms with E-state index in [9.17, 15) is 14.9 Å². The fourth-order valence-electron chi connectivity index (χ4n) is 2.46. The molecule has 2 aliphatic heterocycles. The predicted molar refractivity (Wildman–Crippen MR) is 66.3 cm³/mol. The lowest BCUT2D eigenvalue weighted by atomic mass is 10.0. The highest BCUT2D eigenvalue weighted by atomic mass is 16.6. The minimum absolute atomic E-state index is 0.00432. The number of carbonyl (C=O) groups is 1. The molecule has 1 aromatic carbocycles. The number of carbonyl (C=O) groups excluding carboxylic acids is 1. The molecule has 0 bridgehead atoms. The predicted octanol–water partition coefficient (Wildman–Crippen LogP) is 1.17. The van der Waals surface area contributed by atoms with Crippen LogP contribution in [0.5, 0.6) is 0 Å². The topological polar surface area (TPSA) is 87.9 Å². The summed E-state index contributed by atoms with van der Waals surface area (Å²) in [7, 11) is 0. The Labute approximate surface area is 114 Å². The maximum atomic E-state index is 12.0. The lowest BCUT2D eigenvalue weighted by Gasteiger charge is -2.15. The van der Waals surface area contributed by atoms with Gasteiger partial charge in [0.25, 0.3) is 5.69 Å². The van der Waals surface area contributed by atoms with Crippen molar-refractivity contribution in [1.29, 1.82) is 0 Å². The second kappa shape index (κ2) is 5.18. The summed E-state index contributed by atoms with van der Waals surface area (Å²) in [6.45, 7) is 1.44. The molecule has 2 heterocycles. The monoisotopic (exact) mass is 279 g/mol. The van der Waals surface area contributed by atoms with Crippen molar-refractivity contribution in [1.82, 2.24) is 0 Å². The molecule has 0 unspecified atom stereocenters. The second-order valence-electron chi connectivity index (χ2n) is 4.82. The summed E-state index contributed by atoms with van der Waals surface area (Å²) >= 11 is 0. The summed E-state index contributed by atoms with van der Waals surface area (Å²) in [6, 6.07) is 5.34. The summed E-state index contributed by atoms with van der Waals surface area (Å²) in [5.74, 6) is -0.418. The van der Waals surface area contributed by atoms with Gasteiger partial charge in [-0.15, -0.1) is 0 Å². The average molecular weight is 279 g/mol. The first kappa shape index (κ1) is 13.0. The lowest BCUT2D eigenvalue weighted by molar-refractivity contribution is -0.384. The van der Waals surface area contributed by atoms with E-state index in [4.69, 9.17) is 14.2 Å². The van der Waals surface area contributed by atoms with E-state index in [2.05, 4.69) is 0 Å². The number of non-ortho nitro benzene ring substituents is 1. The van der Waals surface area contributed by atoms with E-state index in [0.29, 0.717) is 19.8 Å². The zero-order valence-electron chi connectivity index (χ0n) is 10.6. The molecule has 0 N–H and O–H groups in total. The van der Waals surface area contributed by atoms with Crippen molar-refractivity contribution in [3.63, 3.8) is 0 Å². The Morgan fingerprint density at radius 1 is 1.25 bits per heavy atom. The normalized spacial score (nSPS) is 28.1. The van der Waals surface area contributed by atoms with Crippen molar-refractivity contribution < 1.29 is 23.9 Å². The van der Waals surface area contributed by atoms with E-state index in [1.165, 1.54) is 24.3 Å². The molecule has 2 saturated heterocycles. The van der Waals surface area contributed by atoms with Gasteiger partial charge in [0.2, 0.25) is 0 Å². The molecule has 106 valence electrons. The Morgan fingerprint density at radius 2 is 2.00 bits per heavy atom. The molecular formula is C13H13NO6. The van der Waals surface area contributed by atoms with Gasteiger partial charge in [0.1, 0.15) is 6.10 Å². The minimum Gasteiger partial charge on any atom is -0.456 e. The van der Waals surface area contributed by atoms with Crippen LogP contribution in [-0.4, -0.2) is 42.9 Å². The molecule has 20 heavy (non-hydrogen) atoms. The van der Waals surface area contributed by atoms with Crippen molar-refractivity contribution in [2.24, 2.45) is 5.92 Å². The number of nitro groups is 1. The number of fused-ring (bicyclic) bond motifs is 1. The smallest absolute Gasteiger partial charge is 0.338 e. The molecular weight excluding hydrogens is 266 g/mol. The van der Waals surface area contributed by atoms with Gasteiger partial charge in [0.05, 0.1) is 42.3 Å². The maximum absolute atomic E-state index is 12.0. The number of benzene rings is 1. The molecule has 0 aliphatic carbocycles. The van der Waals surface area contributed by atoms with Crippen molar-refractivity contribution in [3.05, 3.63) is 39.9 Å². The van der Waals surface area contributed by atoms with Gasteiger partial charge in [-0.1, -0.05) is 0 Å². The highest BCUT2D eigenvalue weighted by Gasteiger charge is 2.43. The van der Waals surface area contributed by atoms with Gasteiger partial charge in [-0.05, 0) is 12.1 Å². The molecule has 7 nitrogen and oxygen atoms in total. The van der Waals surface area contributed by atoms with Crippen LogP contribution in [0.3, 0.4) is 0 Å². The van der Waals surface area contributed by atoms with E-state index in [0.717, 1.165) is 0 Å². The Hall–Kier alpha value is -1.99. The summed E-state index contributed by atoms with van der Waals surface area (Å²) in [5, 5.41) is 10.5. The summed E-state index contributed by atoms with van der Waals surface area (Å²) in [4.78, 5) is 22.0. The molecule has 2 aliphatic rings. The van der Waals surface area contributed by atoms with Gasteiger partial charge in [-0.25, -0.2) is 4.79 Å². The van der Waals surface area contributed by atoms with Crippen LogP contribution in [0.2, 0.25) is 0 Å². The van der Waals surface area contributed by atoms with Crippen molar-refractivity contribution >= 4 is 11.7 Å². The average Bonchev–Trinajstić information content (AvgIpc) is 3.04. The van der Waals surface area contributed by atoms with Gasteiger partial charge in [0, 0.05) is 12.1 Å². The Balaban J connectivity index is 1.65. The van der Waals surface area contributed by atoms with Crippen LogP contribution in [-0.2, 0) is 14.2 Å². The SMILES string of the molecule is O=C(O[C@@H]1CO[C@H]2COC[C@H]21)c1ccc([N+](=O)[O-])cc1. The first-order chi connectivity index (χ1) is 9.65. The molecule has 0 spiro atoms. The van der Waals surface area contributed by atoms with Crippen LogP contribution < -0.4 is 0 Å². The molecule has 3 atom stereocenters. The van der Waals surface area contributed by atoms with E-state index in [-0.39, 0.29) is 29.4 Å². The third kappa shape index (κ3) is 2.37. The number of ether oxygens (including phenoxy) is 3. The quantitative estimate of drug-likeness (QED) is 0.469. The largest absolute Gasteiger partial charge is 0.456 e. The highest BCUT2D eigenvalue weighted by molar-refractivity contribution is 5.89. The maximum Gasteiger partial charge on any atom is 0.338 e. The Bertz CT molecular complexity index is 528. The molecule has 0 saturated carbocycles. The number of nitrogens with zero attached hydrogens (tertiary/aromatic N) is 1. The first-order valence-electron chi connectivity index (χ1n) is 6.30. The zero-order chi connectivity index (χ0) is 14.1. The van der Waals surface area contributed by atoms with Crippen LogP contribution in [0, 0.1) is 16.0 Å². The van der Waals surface area contributed by atoms with Crippen LogP contribution in [0.1, 0.15) is 10.4 Å². The standard InChI is InChI=1S/C13H13NO6/c15-13(8-1-3-9(4-2-8)14(16)17)20-12-7-19-11-6-18-5-10(11)12/h1-4,10-12H,5-7H2/t10-,11+,12-/m1/s1. The number of rotatable bonds is 3. The fraction of sp³-hybridized carbons (Fsp3) is 0.462. The van der Waals surface area contributed by atoms with Gasteiger partial charge in [-0.2, -0.15) is 0 Å². The minimum atomic E-state index is -0.514. The van der Waals surface area contributed by atoms with Gasteiger partial charge in [0.15, 0.2) is 0 Å². The molecule has 0 radical (unpaired) electrons. The van der Waals surface area contributed by atoms with Crippen LogP contribution in [0.15, 0.2) is 24.3 Å².